The molecule has 0 spiro atoms. The molecule has 1 aliphatic heterocycles. The van der Waals surface area contributed by atoms with Gasteiger partial charge in [0.05, 0.1) is 5.56 Å². The highest BCUT2D eigenvalue weighted by molar-refractivity contribution is 5.99. The summed E-state index contributed by atoms with van der Waals surface area (Å²) in [6, 6.07) is 3.12. The van der Waals surface area contributed by atoms with E-state index in [1.807, 2.05) is 38.0 Å². The van der Waals surface area contributed by atoms with E-state index in [0.717, 1.165) is 18.1 Å². The lowest BCUT2D eigenvalue weighted by atomic mass is 10.1. The zero-order chi connectivity index (χ0) is 24.1. The lowest BCUT2D eigenvalue weighted by molar-refractivity contribution is -0.147. The molecule has 0 radical (unpaired) electrons. The molecule has 1 unspecified atom stereocenters. The van der Waals surface area contributed by atoms with Gasteiger partial charge in [-0.05, 0) is 43.9 Å². The molecule has 8 heteroatoms. The van der Waals surface area contributed by atoms with Gasteiger partial charge in [-0.1, -0.05) is 29.9 Å². The van der Waals surface area contributed by atoms with Crippen molar-refractivity contribution in [1.82, 2.24) is 4.90 Å². The van der Waals surface area contributed by atoms with Gasteiger partial charge in [0.2, 0.25) is 0 Å². The molecule has 32 heavy (non-hydrogen) atoms. The van der Waals surface area contributed by atoms with Crippen molar-refractivity contribution in [2.75, 3.05) is 27.4 Å². The summed E-state index contributed by atoms with van der Waals surface area (Å²) in [4.78, 5) is 34.7. The number of hydrogen-bond donors (Lipinski definition) is 2. The van der Waals surface area contributed by atoms with Gasteiger partial charge in [-0.15, -0.1) is 0 Å². The molecule has 2 aliphatic rings. The number of nitrogens with zero attached hydrogens (tertiary/aromatic N) is 1. The smallest absolute Gasteiger partial charge is 0.329 e. The molecule has 1 heterocycles. The lowest BCUT2D eigenvalue weighted by Gasteiger charge is -2.23. The third kappa shape index (κ3) is 7.70. The Balaban J connectivity index is 0.000000944. The van der Waals surface area contributed by atoms with E-state index in [2.05, 4.69) is 4.74 Å². The van der Waals surface area contributed by atoms with Crippen molar-refractivity contribution in [3.05, 3.63) is 59.2 Å². The molecule has 1 aromatic carbocycles. The summed E-state index contributed by atoms with van der Waals surface area (Å²) in [7, 11) is 3.25. The Bertz CT molecular complexity index is 873. The van der Waals surface area contributed by atoms with Crippen LogP contribution in [0.5, 0.6) is 11.5 Å². The molecule has 2 N–H and O–H groups in total. The molecule has 0 saturated carbocycles. The number of carbonyl (C=O) groups is 3. The highest BCUT2D eigenvalue weighted by atomic mass is 16.5. The fraction of sp³-hybridized carbons (Fsp3) is 0.375. The summed E-state index contributed by atoms with van der Waals surface area (Å²) < 4.78 is 9.69. The first-order valence-electron chi connectivity index (χ1n) is 10.1. The normalized spacial score (nSPS) is 17.0. The average Bonchev–Trinajstić information content (AvgIpc) is 3.17. The van der Waals surface area contributed by atoms with Gasteiger partial charge in [-0.25, -0.2) is 4.79 Å². The number of esters is 1. The summed E-state index contributed by atoms with van der Waals surface area (Å²) in [6.07, 6.45) is 9.98. The number of ether oxygens (including phenoxy) is 2. The van der Waals surface area contributed by atoms with Crippen molar-refractivity contribution in [2.45, 2.75) is 32.2 Å². The SMILES string of the molecule is C=O.CC1=CC=C(COC(=O)C2CCCN2C(=O)c2ccc(O)cc2O)C=CC1.COC. The molecule has 0 bridgehead atoms. The highest BCUT2D eigenvalue weighted by Gasteiger charge is 2.36. The van der Waals surface area contributed by atoms with Crippen LogP contribution in [-0.2, 0) is 19.1 Å². The largest absolute Gasteiger partial charge is 0.508 e. The molecule has 0 aromatic heterocycles. The summed E-state index contributed by atoms with van der Waals surface area (Å²) >= 11 is 0. The van der Waals surface area contributed by atoms with Crippen LogP contribution in [0.2, 0.25) is 0 Å². The maximum Gasteiger partial charge on any atom is 0.329 e. The van der Waals surface area contributed by atoms with Gasteiger partial charge in [0, 0.05) is 26.8 Å². The summed E-state index contributed by atoms with van der Waals surface area (Å²) in [5.41, 5.74) is 2.18. The first-order chi connectivity index (χ1) is 15.4. The fourth-order valence-corrected chi connectivity index (χ4v) is 3.23. The van der Waals surface area contributed by atoms with Crippen molar-refractivity contribution in [3.8, 4) is 11.5 Å². The Morgan fingerprint density at radius 2 is 1.88 bits per heavy atom. The highest BCUT2D eigenvalue weighted by Crippen LogP contribution is 2.28. The fourth-order valence-electron chi connectivity index (χ4n) is 3.23. The minimum absolute atomic E-state index is 0.0579. The van der Waals surface area contributed by atoms with Crippen LogP contribution in [0.1, 0.15) is 36.5 Å². The Morgan fingerprint density at radius 1 is 1.19 bits per heavy atom. The van der Waals surface area contributed by atoms with Crippen molar-refractivity contribution >= 4 is 18.7 Å². The lowest BCUT2D eigenvalue weighted by Crippen LogP contribution is -2.41. The van der Waals surface area contributed by atoms with Gasteiger partial charge in [-0.3, -0.25) is 4.79 Å². The Morgan fingerprint density at radius 3 is 2.53 bits per heavy atom. The molecular formula is C24H31NO7. The van der Waals surface area contributed by atoms with Gasteiger partial charge in [0.15, 0.2) is 0 Å². The predicted octanol–water partition coefficient (Wildman–Crippen LogP) is 3.16. The zero-order valence-electron chi connectivity index (χ0n) is 18.7. The van der Waals surface area contributed by atoms with Crippen LogP contribution in [-0.4, -0.2) is 67.2 Å². The first-order valence-corrected chi connectivity index (χ1v) is 10.1. The second-order valence-corrected chi connectivity index (χ2v) is 7.24. The van der Waals surface area contributed by atoms with E-state index in [-0.39, 0.29) is 23.7 Å². The number of phenolic OH excluding ortho intramolecular Hbond substituents is 2. The molecule has 1 fully saturated rings. The van der Waals surface area contributed by atoms with Crippen LogP contribution < -0.4 is 0 Å². The van der Waals surface area contributed by atoms with E-state index in [0.29, 0.717) is 19.4 Å². The Kier molecular flexibility index (Phi) is 11.5. The monoisotopic (exact) mass is 445 g/mol. The van der Waals surface area contributed by atoms with E-state index in [9.17, 15) is 19.8 Å². The van der Waals surface area contributed by atoms with E-state index in [4.69, 9.17) is 9.53 Å². The van der Waals surface area contributed by atoms with Crippen LogP contribution in [0.3, 0.4) is 0 Å². The van der Waals surface area contributed by atoms with Crippen molar-refractivity contribution in [2.24, 2.45) is 0 Å². The first kappa shape index (κ1) is 26.6. The van der Waals surface area contributed by atoms with E-state index < -0.39 is 17.9 Å². The van der Waals surface area contributed by atoms with Crippen LogP contribution >= 0.6 is 0 Å². The molecule has 8 nitrogen and oxygen atoms in total. The maximum absolute atomic E-state index is 12.7. The Labute approximate surface area is 188 Å². The molecular weight excluding hydrogens is 414 g/mol. The van der Waals surface area contributed by atoms with Crippen LogP contribution in [0.15, 0.2) is 53.6 Å². The molecule has 1 atom stereocenters. The summed E-state index contributed by atoms with van der Waals surface area (Å²) in [5, 5.41) is 19.3. The van der Waals surface area contributed by atoms with Crippen LogP contribution in [0.4, 0.5) is 0 Å². The third-order valence-corrected chi connectivity index (χ3v) is 4.73. The minimum Gasteiger partial charge on any atom is -0.508 e. The number of amides is 1. The number of aromatic hydroxyl groups is 2. The van der Waals surface area contributed by atoms with Crippen molar-refractivity contribution in [1.29, 1.82) is 0 Å². The number of phenols is 2. The number of hydrogen-bond acceptors (Lipinski definition) is 7. The molecule has 3 rings (SSSR count). The standard InChI is InChI=1S/C21H23NO5.C2H6O.CH2O/c1-14-4-2-5-15(8-7-14)13-27-21(26)18-6-3-11-22(18)20(25)17-10-9-16(23)12-19(17)24;1-3-2;1-2/h2,5,7-10,12,18,23-24H,3-4,6,11,13H2,1H3;1-2H3;1H2. The van der Waals surface area contributed by atoms with Crippen molar-refractivity contribution in [3.63, 3.8) is 0 Å². The zero-order valence-corrected chi connectivity index (χ0v) is 18.7. The summed E-state index contributed by atoms with van der Waals surface area (Å²) in [5.74, 6) is -1.33. The topological polar surface area (TPSA) is 113 Å². The molecule has 1 aromatic rings. The maximum atomic E-state index is 12.7. The van der Waals surface area contributed by atoms with E-state index in [1.54, 1.807) is 14.2 Å². The molecule has 1 amide bonds. The number of allylic oxidation sites excluding steroid dienone is 4. The van der Waals surface area contributed by atoms with Gasteiger partial charge in [0.25, 0.3) is 5.91 Å². The second kappa shape index (κ2) is 13.8. The predicted molar refractivity (Wildman–Crippen MR) is 120 cm³/mol. The average molecular weight is 446 g/mol. The van der Waals surface area contributed by atoms with Crippen molar-refractivity contribution < 1.29 is 34.1 Å². The molecule has 1 saturated heterocycles. The molecule has 174 valence electrons. The minimum atomic E-state index is -0.668. The number of rotatable bonds is 4. The Hall–Kier alpha value is -3.39. The van der Waals surface area contributed by atoms with Gasteiger partial charge in [0.1, 0.15) is 30.9 Å². The van der Waals surface area contributed by atoms with Gasteiger partial charge in [-0.2, -0.15) is 0 Å². The number of methoxy groups -OCH3 is 1. The second-order valence-electron chi connectivity index (χ2n) is 7.24. The third-order valence-electron chi connectivity index (χ3n) is 4.73. The number of benzene rings is 1. The van der Waals surface area contributed by atoms with Gasteiger partial charge < -0.3 is 29.4 Å². The van der Waals surface area contributed by atoms with Crippen LogP contribution in [0, 0.1) is 0 Å². The van der Waals surface area contributed by atoms with Gasteiger partial charge >= 0.3 is 5.97 Å². The van der Waals surface area contributed by atoms with Crippen LogP contribution in [0.25, 0.3) is 0 Å². The number of likely N-dealkylation sites (tertiary alicyclic amines) is 1. The molecule has 1 aliphatic carbocycles. The van der Waals surface area contributed by atoms with E-state index in [1.165, 1.54) is 22.6 Å². The van der Waals surface area contributed by atoms with E-state index >= 15 is 0 Å². The summed E-state index contributed by atoms with van der Waals surface area (Å²) in [6.45, 7) is 4.61. The quantitative estimate of drug-likeness (QED) is 0.685. The number of carbonyl (C=O) groups excluding carboxylic acids is 3.